The van der Waals surface area contributed by atoms with Crippen molar-refractivity contribution in [2.75, 3.05) is 0 Å². The number of carbonyl (C=O) groups is 1. The molecule has 0 aliphatic heterocycles. The molecule has 1 aromatic carbocycles. The molecule has 0 spiro atoms. The zero-order valence-electron chi connectivity index (χ0n) is 14.0. The molecule has 0 aliphatic rings. The number of carbonyl (C=O) groups excluding carboxylic acids is 1. The van der Waals surface area contributed by atoms with Gasteiger partial charge in [0.15, 0.2) is 0 Å². The number of benzene rings is 1. The Morgan fingerprint density at radius 2 is 1.87 bits per heavy atom. The number of aromatic nitrogens is 2. The zero-order valence-corrected chi connectivity index (χ0v) is 14.9. The molecule has 0 fully saturated rings. The number of nitrogens with zero attached hydrogens (tertiary/aromatic N) is 2. The van der Waals surface area contributed by atoms with Crippen LogP contribution in [-0.2, 0) is 11.8 Å². The Kier molecular flexibility index (Phi) is 5.42. The summed E-state index contributed by atoms with van der Waals surface area (Å²) in [5.74, 6) is 1.55. The number of rotatable bonds is 5. The van der Waals surface area contributed by atoms with E-state index in [2.05, 4.69) is 43.4 Å². The number of ether oxygens (including phenoxy) is 1. The number of hydrogen-bond donors (Lipinski definition) is 1. The Bertz CT molecular complexity index is 691. The second kappa shape index (κ2) is 7.13. The van der Waals surface area contributed by atoms with Gasteiger partial charge in [0.2, 0.25) is 11.0 Å². The van der Waals surface area contributed by atoms with Crippen LogP contribution in [0.2, 0.25) is 0 Å². The molecule has 4 nitrogen and oxygen atoms in total. The van der Waals surface area contributed by atoms with Crippen LogP contribution >= 0.6 is 12.6 Å². The third-order valence-corrected chi connectivity index (χ3v) is 3.68. The highest BCUT2D eigenvalue weighted by Gasteiger charge is 2.16. The van der Waals surface area contributed by atoms with Gasteiger partial charge in [-0.1, -0.05) is 39.8 Å². The monoisotopic (exact) mass is 330 g/mol. The standard InChI is InChI=1S/C18H22N2O2S/c1-5-6-15-19-11-14(17(21)23)16(20-15)22-13-9-7-12(8-10-13)18(2,3)4/h7-11H,5-6H2,1-4H3,(H,21,23). The van der Waals surface area contributed by atoms with E-state index < -0.39 is 5.12 Å². The summed E-state index contributed by atoms with van der Waals surface area (Å²) in [5, 5.41) is -0.408. The molecule has 0 atom stereocenters. The fraction of sp³-hybridized carbons (Fsp3) is 0.389. The topological polar surface area (TPSA) is 52.1 Å². The van der Waals surface area contributed by atoms with E-state index in [1.807, 2.05) is 31.2 Å². The van der Waals surface area contributed by atoms with Crippen molar-refractivity contribution in [3.63, 3.8) is 0 Å². The molecule has 2 aromatic rings. The Balaban J connectivity index is 2.30. The van der Waals surface area contributed by atoms with E-state index in [1.54, 1.807) is 0 Å². The number of hydrogen-bond acceptors (Lipinski definition) is 4. The normalized spacial score (nSPS) is 11.3. The van der Waals surface area contributed by atoms with Crippen LogP contribution in [0.3, 0.4) is 0 Å². The summed E-state index contributed by atoms with van der Waals surface area (Å²) in [7, 11) is 0. The molecule has 1 aromatic heterocycles. The lowest BCUT2D eigenvalue weighted by molar-refractivity contribution is 0.108. The maximum Gasteiger partial charge on any atom is 0.234 e. The summed E-state index contributed by atoms with van der Waals surface area (Å²) in [6.45, 7) is 8.51. The molecule has 0 unspecified atom stereocenters. The summed E-state index contributed by atoms with van der Waals surface area (Å²) in [6, 6.07) is 7.81. The molecule has 0 radical (unpaired) electrons. The van der Waals surface area contributed by atoms with Crippen molar-refractivity contribution < 1.29 is 9.53 Å². The minimum absolute atomic E-state index is 0.0773. The number of aryl methyl sites for hydroxylation is 1. The molecule has 0 N–H and O–H groups in total. The van der Waals surface area contributed by atoms with Gasteiger partial charge >= 0.3 is 0 Å². The highest BCUT2D eigenvalue weighted by molar-refractivity contribution is 7.97. The first-order valence-corrected chi connectivity index (χ1v) is 8.13. The molecule has 0 saturated heterocycles. The van der Waals surface area contributed by atoms with Gasteiger partial charge in [0.25, 0.3) is 0 Å². The first-order valence-electron chi connectivity index (χ1n) is 7.69. The maximum atomic E-state index is 11.6. The van der Waals surface area contributed by atoms with Gasteiger partial charge in [0.05, 0.1) is 0 Å². The summed E-state index contributed by atoms with van der Waals surface area (Å²) >= 11 is 3.87. The Hall–Kier alpha value is -1.88. The van der Waals surface area contributed by atoms with E-state index in [0.717, 1.165) is 12.8 Å². The van der Waals surface area contributed by atoms with E-state index in [9.17, 15) is 4.79 Å². The minimum atomic E-state index is -0.408. The lowest BCUT2D eigenvalue weighted by Gasteiger charge is -2.19. The SMILES string of the molecule is CCCc1ncc(C(=O)S)c(Oc2ccc(C(C)(C)C)cc2)n1. The first kappa shape index (κ1) is 17.5. The van der Waals surface area contributed by atoms with Gasteiger partial charge in [-0.2, -0.15) is 4.98 Å². The van der Waals surface area contributed by atoms with E-state index in [-0.39, 0.29) is 16.9 Å². The molecular weight excluding hydrogens is 308 g/mol. The van der Waals surface area contributed by atoms with E-state index >= 15 is 0 Å². The maximum absolute atomic E-state index is 11.6. The van der Waals surface area contributed by atoms with Gasteiger partial charge in [0, 0.05) is 12.6 Å². The third kappa shape index (κ3) is 4.55. The van der Waals surface area contributed by atoms with Crippen molar-refractivity contribution in [1.82, 2.24) is 9.97 Å². The summed E-state index contributed by atoms with van der Waals surface area (Å²) in [4.78, 5) is 20.1. The van der Waals surface area contributed by atoms with Crippen LogP contribution in [0, 0.1) is 0 Å². The lowest BCUT2D eigenvalue weighted by atomic mass is 9.87. The van der Waals surface area contributed by atoms with Crippen LogP contribution in [0.4, 0.5) is 0 Å². The molecule has 122 valence electrons. The highest BCUT2D eigenvalue weighted by atomic mass is 32.1. The molecular formula is C18H22N2O2S. The molecule has 0 saturated carbocycles. The van der Waals surface area contributed by atoms with Gasteiger partial charge in [-0.25, -0.2) is 4.98 Å². The van der Waals surface area contributed by atoms with Crippen LogP contribution in [0.15, 0.2) is 30.5 Å². The molecule has 2 rings (SSSR count). The molecule has 23 heavy (non-hydrogen) atoms. The predicted molar refractivity (Wildman–Crippen MR) is 94.6 cm³/mol. The molecule has 5 heteroatoms. The van der Waals surface area contributed by atoms with Crippen LogP contribution in [-0.4, -0.2) is 15.1 Å². The first-order chi connectivity index (χ1) is 10.8. The fourth-order valence-corrected chi connectivity index (χ4v) is 2.26. The van der Waals surface area contributed by atoms with Crippen molar-refractivity contribution in [3.8, 4) is 11.6 Å². The van der Waals surface area contributed by atoms with Crippen molar-refractivity contribution in [1.29, 1.82) is 0 Å². The van der Waals surface area contributed by atoms with Crippen LogP contribution in [0.25, 0.3) is 0 Å². The zero-order chi connectivity index (χ0) is 17.0. The molecule has 1 heterocycles. The molecule has 0 amide bonds. The average Bonchev–Trinajstić information content (AvgIpc) is 2.47. The summed E-state index contributed by atoms with van der Waals surface area (Å²) < 4.78 is 5.80. The van der Waals surface area contributed by atoms with E-state index in [0.29, 0.717) is 11.6 Å². The van der Waals surface area contributed by atoms with Crippen molar-refractivity contribution >= 4 is 17.7 Å². The van der Waals surface area contributed by atoms with E-state index in [4.69, 9.17) is 4.74 Å². The second-order valence-electron chi connectivity index (χ2n) is 6.44. The minimum Gasteiger partial charge on any atom is -0.438 e. The van der Waals surface area contributed by atoms with Crippen LogP contribution in [0.1, 0.15) is 55.9 Å². The highest BCUT2D eigenvalue weighted by Crippen LogP contribution is 2.28. The predicted octanol–water partition coefficient (Wildman–Crippen LogP) is 4.59. The summed E-state index contributed by atoms with van der Waals surface area (Å²) in [6.07, 6.45) is 3.14. The van der Waals surface area contributed by atoms with Crippen LogP contribution < -0.4 is 4.74 Å². The van der Waals surface area contributed by atoms with E-state index in [1.165, 1.54) is 11.8 Å². The Morgan fingerprint density at radius 3 is 2.39 bits per heavy atom. The van der Waals surface area contributed by atoms with Gasteiger partial charge < -0.3 is 4.74 Å². The van der Waals surface area contributed by atoms with Gasteiger partial charge in [-0.15, -0.1) is 12.6 Å². The van der Waals surface area contributed by atoms with Crippen molar-refractivity contribution in [2.45, 2.75) is 46.0 Å². The van der Waals surface area contributed by atoms with Crippen molar-refractivity contribution in [3.05, 3.63) is 47.4 Å². The third-order valence-electron chi connectivity index (χ3n) is 3.44. The molecule has 0 aliphatic carbocycles. The molecule has 0 bridgehead atoms. The quantitative estimate of drug-likeness (QED) is 0.815. The number of thiol groups is 1. The van der Waals surface area contributed by atoms with Crippen molar-refractivity contribution in [2.24, 2.45) is 0 Å². The largest absolute Gasteiger partial charge is 0.438 e. The van der Waals surface area contributed by atoms with Gasteiger partial charge in [-0.05, 0) is 29.5 Å². The van der Waals surface area contributed by atoms with Gasteiger partial charge in [-0.3, -0.25) is 4.79 Å². The lowest BCUT2D eigenvalue weighted by Crippen LogP contribution is -2.10. The Labute approximate surface area is 142 Å². The smallest absolute Gasteiger partial charge is 0.234 e. The Morgan fingerprint density at radius 1 is 1.22 bits per heavy atom. The van der Waals surface area contributed by atoms with Crippen LogP contribution in [0.5, 0.6) is 11.6 Å². The fourth-order valence-electron chi connectivity index (χ4n) is 2.10. The second-order valence-corrected chi connectivity index (χ2v) is 6.84. The average molecular weight is 330 g/mol. The van der Waals surface area contributed by atoms with Gasteiger partial charge in [0.1, 0.15) is 17.1 Å². The summed E-state index contributed by atoms with van der Waals surface area (Å²) in [5.41, 5.74) is 1.56.